The number of hydrogen-bond donors (Lipinski definition) is 2. The monoisotopic (exact) mass is 367 g/mol. The van der Waals surface area contributed by atoms with Crippen molar-refractivity contribution in [2.45, 2.75) is 25.2 Å². The smallest absolute Gasteiger partial charge is 0.435 e. The number of fused-ring (bicyclic) bond motifs is 1. The number of aromatic nitrogens is 4. The molecule has 1 unspecified atom stereocenters. The maximum atomic E-state index is 13.4. The zero-order valence-electron chi connectivity index (χ0n) is 14.2. The molecule has 26 heavy (non-hydrogen) atoms. The molecule has 0 spiro atoms. The molecule has 3 N–H and O–H groups in total. The number of methoxy groups -OCH3 is 1. The summed E-state index contributed by atoms with van der Waals surface area (Å²) >= 11 is 0. The van der Waals surface area contributed by atoms with Crippen LogP contribution < -0.4 is 5.73 Å². The molecule has 0 fully saturated rings. The Morgan fingerprint density at radius 1 is 1.54 bits per heavy atom. The summed E-state index contributed by atoms with van der Waals surface area (Å²) in [5.74, 6) is 2.14. The van der Waals surface area contributed by atoms with E-state index in [0.717, 1.165) is 0 Å². The molecule has 2 aromatic rings. The molecule has 0 saturated carbocycles. The Morgan fingerprint density at radius 3 is 2.88 bits per heavy atom. The summed E-state index contributed by atoms with van der Waals surface area (Å²) in [5.41, 5.74) is 4.17. The van der Waals surface area contributed by atoms with Gasteiger partial charge in [0.25, 0.3) is 0 Å². The molecule has 2 heterocycles. The Hall–Kier alpha value is -2.97. The number of hydrogen-bond acceptors (Lipinski definition) is 9. The summed E-state index contributed by atoms with van der Waals surface area (Å²) in [6.45, 7) is 1.08. The highest BCUT2D eigenvalue weighted by Gasteiger charge is 2.39. The van der Waals surface area contributed by atoms with E-state index in [-0.39, 0.29) is 30.1 Å². The molecular weight excluding hydrogens is 349 g/mol. The molecule has 0 bridgehead atoms. The normalized spacial score (nSPS) is 14.4. The van der Waals surface area contributed by atoms with Crippen LogP contribution in [0.15, 0.2) is 6.33 Å². The average molecular weight is 367 g/mol. The molecule has 11 heteroatoms. The second-order valence-electron chi connectivity index (χ2n) is 5.17. The Labute approximate surface area is 148 Å². The number of rotatable bonds is 7. The van der Waals surface area contributed by atoms with Crippen LogP contribution in [0.2, 0.25) is 0 Å². The van der Waals surface area contributed by atoms with E-state index in [1.165, 1.54) is 18.0 Å². The van der Waals surface area contributed by atoms with Crippen molar-refractivity contribution >= 4 is 23.1 Å². The van der Waals surface area contributed by atoms with Crippen molar-refractivity contribution in [1.29, 1.82) is 0 Å². The van der Waals surface area contributed by atoms with Gasteiger partial charge in [-0.15, -0.1) is 6.42 Å². The Bertz CT molecular complexity index is 836. The van der Waals surface area contributed by atoms with Gasteiger partial charge in [0.05, 0.1) is 19.5 Å². The van der Waals surface area contributed by atoms with Crippen LogP contribution in [-0.4, -0.2) is 62.8 Å². The summed E-state index contributed by atoms with van der Waals surface area (Å²) < 4.78 is 29.5. The third-order valence-electron chi connectivity index (χ3n) is 3.65. The van der Waals surface area contributed by atoms with Gasteiger partial charge in [0.1, 0.15) is 18.2 Å². The molecule has 0 saturated heterocycles. The minimum absolute atomic E-state index is 0.0717. The Balaban J connectivity index is 2.24. The lowest BCUT2D eigenvalue weighted by molar-refractivity contribution is -0.103. The molecule has 0 aliphatic heterocycles. The van der Waals surface area contributed by atoms with E-state index < -0.39 is 30.5 Å². The third-order valence-corrected chi connectivity index (χ3v) is 3.65. The van der Waals surface area contributed by atoms with Gasteiger partial charge >= 0.3 is 12.2 Å². The quantitative estimate of drug-likeness (QED) is 0.397. The Kier molecular flexibility index (Phi) is 5.91. The van der Waals surface area contributed by atoms with Crippen LogP contribution in [0, 0.1) is 18.4 Å². The molecule has 2 atom stereocenters. The highest BCUT2D eigenvalue weighted by atomic mass is 19.1. The van der Waals surface area contributed by atoms with Gasteiger partial charge in [-0.25, -0.2) is 9.78 Å². The second kappa shape index (κ2) is 7.94. The van der Waals surface area contributed by atoms with Crippen LogP contribution in [0.1, 0.15) is 6.92 Å². The number of aliphatic hydroxyl groups excluding tert-OH is 1. The lowest BCUT2D eigenvalue weighted by Crippen LogP contribution is -2.49. The highest BCUT2D eigenvalue weighted by Crippen LogP contribution is 2.21. The fourth-order valence-electron chi connectivity index (χ4n) is 2.22. The number of anilines is 1. The van der Waals surface area contributed by atoms with Crippen molar-refractivity contribution in [3.63, 3.8) is 0 Å². The predicted molar refractivity (Wildman–Crippen MR) is 87.2 cm³/mol. The topological polar surface area (TPSA) is 135 Å². The first-order valence-corrected chi connectivity index (χ1v) is 7.51. The predicted octanol–water partition coefficient (Wildman–Crippen LogP) is 0.1000. The van der Waals surface area contributed by atoms with Crippen molar-refractivity contribution in [1.82, 2.24) is 19.5 Å². The number of nitrogens with zero attached hydrogens (tertiary/aromatic N) is 4. The lowest BCUT2D eigenvalue weighted by Gasteiger charge is -2.31. The van der Waals surface area contributed by atoms with Crippen molar-refractivity contribution in [2.24, 2.45) is 0 Å². The largest absolute Gasteiger partial charge is 0.508 e. The number of terminal acetylenes is 1. The van der Waals surface area contributed by atoms with E-state index in [0.29, 0.717) is 0 Å². The minimum atomic E-state index is -1.67. The Morgan fingerprint density at radius 2 is 2.27 bits per heavy atom. The SMILES string of the molecule is C#CC(COC(=O)OCC)(OC)[C@@H](O)Cn1cnc2c(N)nc(F)nc21. The van der Waals surface area contributed by atoms with Crippen LogP contribution in [-0.2, 0) is 20.8 Å². The molecular formula is C15H18FN5O5. The maximum Gasteiger partial charge on any atom is 0.508 e. The van der Waals surface area contributed by atoms with E-state index in [4.69, 9.17) is 21.6 Å². The molecule has 2 aromatic heterocycles. The van der Waals surface area contributed by atoms with Gasteiger partial charge in [0.15, 0.2) is 17.1 Å². The van der Waals surface area contributed by atoms with Gasteiger partial charge in [-0.1, -0.05) is 5.92 Å². The number of nitrogen functional groups attached to an aromatic ring is 1. The van der Waals surface area contributed by atoms with Crippen LogP contribution in [0.4, 0.5) is 15.0 Å². The number of halogens is 1. The molecule has 0 aliphatic rings. The van der Waals surface area contributed by atoms with E-state index in [2.05, 4.69) is 25.6 Å². The maximum absolute atomic E-state index is 13.4. The van der Waals surface area contributed by atoms with Crippen LogP contribution in [0.3, 0.4) is 0 Å². The van der Waals surface area contributed by atoms with E-state index in [9.17, 15) is 14.3 Å². The number of carbonyl (C=O) groups excluding carboxylic acids is 1. The van der Waals surface area contributed by atoms with E-state index in [1.807, 2.05) is 0 Å². The zero-order chi connectivity index (χ0) is 19.3. The van der Waals surface area contributed by atoms with E-state index >= 15 is 0 Å². The molecule has 0 amide bonds. The minimum Gasteiger partial charge on any atom is -0.435 e. The van der Waals surface area contributed by atoms with Crippen LogP contribution >= 0.6 is 0 Å². The van der Waals surface area contributed by atoms with Gasteiger partial charge in [-0.05, 0) is 6.92 Å². The summed E-state index contributed by atoms with van der Waals surface area (Å²) in [6, 6.07) is 0. The number of carbonyl (C=O) groups is 1. The fourth-order valence-corrected chi connectivity index (χ4v) is 2.22. The lowest BCUT2D eigenvalue weighted by atomic mass is 9.98. The standard InChI is InChI=1S/C15H18FN5O5/c1-4-15(24-3,7-26-14(23)25-5-2)9(22)6-21-8-18-10-11(17)19-13(16)20-12(10)21/h1,8-9,22H,5-7H2,2-3H3,(H2,17,19,20)/t9-,15?/m0/s1. The van der Waals surface area contributed by atoms with Gasteiger partial charge < -0.3 is 29.6 Å². The average Bonchev–Trinajstić information content (AvgIpc) is 2.99. The molecule has 0 aliphatic carbocycles. The second-order valence-corrected chi connectivity index (χ2v) is 5.17. The molecule has 140 valence electrons. The van der Waals surface area contributed by atoms with Crippen LogP contribution in [0.5, 0.6) is 0 Å². The van der Waals surface area contributed by atoms with Crippen LogP contribution in [0.25, 0.3) is 11.2 Å². The van der Waals surface area contributed by atoms with Gasteiger partial charge in [0, 0.05) is 7.11 Å². The van der Waals surface area contributed by atoms with Gasteiger partial charge in [-0.3, -0.25) is 0 Å². The first-order chi connectivity index (χ1) is 12.4. The molecule has 0 radical (unpaired) electrons. The van der Waals surface area contributed by atoms with Crippen molar-refractivity contribution in [3.05, 3.63) is 12.4 Å². The van der Waals surface area contributed by atoms with Crippen molar-refractivity contribution < 1.29 is 28.5 Å². The summed E-state index contributed by atoms with van der Waals surface area (Å²) in [4.78, 5) is 22.3. The van der Waals surface area contributed by atoms with Crippen molar-refractivity contribution in [2.75, 3.05) is 26.1 Å². The molecule has 2 rings (SSSR count). The summed E-state index contributed by atoms with van der Waals surface area (Å²) in [7, 11) is 1.25. The van der Waals surface area contributed by atoms with E-state index in [1.54, 1.807) is 6.92 Å². The van der Waals surface area contributed by atoms with Crippen molar-refractivity contribution in [3.8, 4) is 12.3 Å². The summed E-state index contributed by atoms with van der Waals surface area (Å²) in [5, 5.41) is 10.6. The first-order valence-electron chi connectivity index (χ1n) is 7.51. The number of nitrogens with two attached hydrogens (primary N) is 1. The van der Waals surface area contributed by atoms with Gasteiger partial charge in [0.2, 0.25) is 0 Å². The number of ether oxygens (including phenoxy) is 3. The first kappa shape index (κ1) is 19.4. The van der Waals surface area contributed by atoms with Gasteiger partial charge in [-0.2, -0.15) is 14.4 Å². The number of aliphatic hydroxyl groups is 1. The summed E-state index contributed by atoms with van der Waals surface area (Å²) in [6.07, 6.45) is 3.42. The number of imidazole rings is 1. The molecule has 10 nitrogen and oxygen atoms in total. The zero-order valence-corrected chi connectivity index (χ0v) is 14.2. The molecule has 0 aromatic carbocycles. The third kappa shape index (κ3) is 3.81. The highest BCUT2D eigenvalue weighted by molar-refractivity contribution is 5.81. The fraction of sp³-hybridized carbons (Fsp3) is 0.467.